The maximum absolute atomic E-state index is 12.4. The Morgan fingerprint density at radius 1 is 0.308 bits per heavy atom. The first-order valence-electron chi connectivity index (χ1n) is 23.4. The number of carbonyl (C=O) groups excluding carboxylic acids is 2. The smallest absolute Gasteiger partial charge is 0.224 e. The van der Waals surface area contributed by atoms with Gasteiger partial charge in [-0.15, -0.1) is 0 Å². The van der Waals surface area contributed by atoms with Crippen molar-refractivity contribution in [3.8, 4) is 0 Å². The summed E-state index contributed by atoms with van der Waals surface area (Å²) in [6.07, 6.45) is 49.9. The van der Waals surface area contributed by atoms with Crippen molar-refractivity contribution in [3.05, 3.63) is 24.3 Å². The second-order valence-corrected chi connectivity index (χ2v) is 16.2. The summed E-state index contributed by atoms with van der Waals surface area (Å²) in [5.74, 6) is 0.171. The van der Waals surface area contributed by atoms with E-state index in [0.717, 1.165) is 37.1 Å². The van der Waals surface area contributed by atoms with Crippen LogP contribution in [-0.2, 0) is 9.59 Å². The summed E-state index contributed by atoms with van der Waals surface area (Å²) in [6, 6.07) is 7.55. The van der Waals surface area contributed by atoms with E-state index in [2.05, 4.69) is 24.5 Å². The van der Waals surface area contributed by atoms with E-state index in [4.69, 9.17) is 0 Å². The lowest BCUT2D eigenvalue weighted by molar-refractivity contribution is -0.117. The van der Waals surface area contributed by atoms with Crippen LogP contribution in [0.3, 0.4) is 0 Å². The van der Waals surface area contributed by atoms with Crippen LogP contribution in [0.1, 0.15) is 258 Å². The van der Waals surface area contributed by atoms with Gasteiger partial charge in [0.25, 0.3) is 0 Å². The van der Waals surface area contributed by atoms with E-state index in [1.165, 1.54) is 205 Å². The van der Waals surface area contributed by atoms with Crippen molar-refractivity contribution in [2.45, 2.75) is 258 Å². The SMILES string of the molecule is CCCCCCCCCCCCCCCCCCCCC(=O)Nc1ccc(NC(=O)CCCCCCCCCCCCCCCCCCCC)cc1. The average Bonchev–Trinajstić information content (AvgIpc) is 3.14. The number of amides is 2. The van der Waals surface area contributed by atoms with Crippen LogP contribution < -0.4 is 10.6 Å². The van der Waals surface area contributed by atoms with Gasteiger partial charge in [0.15, 0.2) is 0 Å². The minimum atomic E-state index is 0.0855. The third-order valence-electron chi connectivity index (χ3n) is 11.0. The highest BCUT2D eigenvalue weighted by Crippen LogP contribution is 2.18. The molecule has 0 saturated heterocycles. The van der Waals surface area contributed by atoms with Crippen LogP contribution in [0, 0.1) is 0 Å². The summed E-state index contributed by atoms with van der Waals surface area (Å²) < 4.78 is 0. The Morgan fingerprint density at radius 3 is 0.673 bits per heavy atom. The molecular weight excluding hydrogens is 637 g/mol. The van der Waals surface area contributed by atoms with Gasteiger partial charge in [0, 0.05) is 24.2 Å². The molecule has 2 N–H and O–H groups in total. The van der Waals surface area contributed by atoms with Gasteiger partial charge in [-0.1, -0.05) is 232 Å². The van der Waals surface area contributed by atoms with Crippen molar-refractivity contribution in [3.63, 3.8) is 0 Å². The molecule has 302 valence electrons. The van der Waals surface area contributed by atoms with E-state index < -0.39 is 0 Å². The minimum absolute atomic E-state index is 0.0855. The summed E-state index contributed by atoms with van der Waals surface area (Å²) in [7, 11) is 0. The molecule has 1 rings (SSSR count). The Hall–Kier alpha value is -1.84. The molecule has 4 nitrogen and oxygen atoms in total. The number of rotatable bonds is 40. The first kappa shape index (κ1) is 48.2. The highest BCUT2D eigenvalue weighted by molar-refractivity contribution is 5.92. The predicted molar refractivity (Wildman–Crippen MR) is 230 cm³/mol. The Balaban J connectivity index is 1.88. The number of carbonyl (C=O) groups is 2. The van der Waals surface area contributed by atoms with E-state index in [0.29, 0.717) is 12.8 Å². The highest BCUT2D eigenvalue weighted by atomic mass is 16.2. The molecule has 0 radical (unpaired) electrons. The number of benzene rings is 1. The van der Waals surface area contributed by atoms with Gasteiger partial charge in [-0.2, -0.15) is 0 Å². The van der Waals surface area contributed by atoms with Crippen molar-refractivity contribution in [2.75, 3.05) is 10.6 Å². The summed E-state index contributed by atoms with van der Waals surface area (Å²) >= 11 is 0. The second kappa shape index (κ2) is 38.9. The molecular formula is C48H88N2O2. The Morgan fingerprint density at radius 2 is 0.481 bits per heavy atom. The number of hydrogen-bond donors (Lipinski definition) is 2. The van der Waals surface area contributed by atoms with Crippen LogP contribution in [-0.4, -0.2) is 11.8 Å². The van der Waals surface area contributed by atoms with E-state index in [9.17, 15) is 9.59 Å². The summed E-state index contributed by atoms with van der Waals surface area (Å²) in [5.41, 5.74) is 1.60. The molecule has 0 atom stereocenters. The Labute approximate surface area is 324 Å². The van der Waals surface area contributed by atoms with Crippen molar-refractivity contribution < 1.29 is 9.59 Å². The molecule has 0 unspecified atom stereocenters. The fraction of sp³-hybridized carbons (Fsp3) is 0.833. The first-order valence-corrected chi connectivity index (χ1v) is 23.4. The highest BCUT2D eigenvalue weighted by Gasteiger charge is 2.05. The molecule has 0 aliphatic heterocycles. The van der Waals surface area contributed by atoms with Crippen LogP contribution in [0.5, 0.6) is 0 Å². The number of anilines is 2. The molecule has 0 aromatic heterocycles. The van der Waals surface area contributed by atoms with E-state index in [-0.39, 0.29) is 11.8 Å². The van der Waals surface area contributed by atoms with Gasteiger partial charge in [0.1, 0.15) is 0 Å². The van der Waals surface area contributed by atoms with Gasteiger partial charge in [-0.3, -0.25) is 9.59 Å². The quantitative estimate of drug-likeness (QED) is 0.0662. The van der Waals surface area contributed by atoms with Gasteiger partial charge in [-0.05, 0) is 37.1 Å². The third kappa shape index (κ3) is 34.0. The molecule has 2 amide bonds. The van der Waals surface area contributed by atoms with E-state index in [1.807, 2.05) is 24.3 Å². The minimum Gasteiger partial charge on any atom is -0.326 e. The van der Waals surface area contributed by atoms with Crippen LogP contribution in [0.15, 0.2) is 24.3 Å². The van der Waals surface area contributed by atoms with Gasteiger partial charge < -0.3 is 10.6 Å². The zero-order chi connectivity index (χ0) is 37.4. The molecule has 0 aliphatic rings. The number of nitrogens with one attached hydrogen (secondary N) is 2. The Bertz CT molecular complexity index is 825. The lowest BCUT2D eigenvalue weighted by Gasteiger charge is -2.08. The molecule has 0 heterocycles. The third-order valence-corrected chi connectivity index (χ3v) is 11.0. The topological polar surface area (TPSA) is 58.2 Å². The molecule has 1 aromatic carbocycles. The summed E-state index contributed by atoms with van der Waals surface area (Å²) in [6.45, 7) is 4.58. The molecule has 4 heteroatoms. The van der Waals surface area contributed by atoms with E-state index in [1.54, 1.807) is 0 Å². The number of hydrogen-bond acceptors (Lipinski definition) is 2. The van der Waals surface area contributed by atoms with Crippen molar-refractivity contribution in [1.82, 2.24) is 0 Å². The molecule has 1 aromatic rings. The van der Waals surface area contributed by atoms with Crippen molar-refractivity contribution >= 4 is 23.2 Å². The molecule has 0 fully saturated rings. The maximum atomic E-state index is 12.4. The van der Waals surface area contributed by atoms with Gasteiger partial charge in [0.05, 0.1) is 0 Å². The lowest BCUT2D eigenvalue weighted by Crippen LogP contribution is -2.12. The van der Waals surface area contributed by atoms with Crippen molar-refractivity contribution in [2.24, 2.45) is 0 Å². The largest absolute Gasteiger partial charge is 0.326 e. The Kier molecular flexibility index (Phi) is 36.0. The zero-order valence-corrected chi connectivity index (χ0v) is 35.0. The van der Waals surface area contributed by atoms with Crippen LogP contribution >= 0.6 is 0 Å². The summed E-state index contributed by atoms with van der Waals surface area (Å²) in [5, 5.41) is 6.03. The van der Waals surface area contributed by atoms with Gasteiger partial charge in [-0.25, -0.2) is 0 Å². The molecule has 0 saturated carbocycles. The molecule has 52 heavy (non-hydrogen) atoms. The molecule has 0 bridgehead atoms. The van der Waals surface area contributed by atoms with E-state index >= 15 is 0 Å². The molecule has 0 spiro atoms. The average molecular weight is 725 g/mol. The molecule has 0 aliphatic carbocycles. The maximum Gasteiger partial charge on any atom is 0.224 e. The monoisotopic (exact) mass is 725 g/mol. The second-order valence-electron chi connectivity index (χ2n) is 16.2. The van der Waals surface area contributed by atoms with Gasteiger partial charge in [0.2, 0.25) is 11.8 Å². The van der Waals surface area contributed by atoms with Crippen LogP contribution in [0.4, 0.5) is 11.4 Å². The van der Waals surface area contributed by atoms with Crippen LogP contribution in [0.25, 0.3) is 0 Å². The fourth-order valence-electron chi connectivity index (χ4n) is 7.46. The normalized spacial score (nSPS) is 11.3. The lowest BCUT2D eigenvalue weighted by atomic mass is 10.0. The standard InChI is InChI=1S/C48H88N2O2/c1-3-5-7-9-11-13-15-17-19-21-23-25-27-29-31-33-35-37-39-47(51)49-45-41-43-46(44-42-45)50-48(52)40-38-36-34-32-30-28-26-24-22-20-18-16-14-12-10-8-6-4-2/h41-44H,3-40H2,1-2H3,(H,49,51)(H,50,52). The predicted octanol–water partition coefficient (Wildman–Crippen LogP) is 16.4. The fourth-order valence-corrected chi connectivity index (χ4v) is 7.46. The first-order chi connectivity index (χ1) is 25.7. The van der Waals surface area contributed by atoms with Crippen LogP contribution in [0.2, 0.25) is 0 Å². The van der Waals surface area contributed by atoms with Gasteiger partial charge >= 0.3 is 0 Å². The summed E-state index contributed by atoms with van der Waals surface area (Å²) in [4.78, 5) is 24.8. The zero-order valence-electron chi connectivity index (χ0n) is 35.0. The van der Waals surface area contributed by atoms with Crippen molar-refractivity contribution in [1.29, 1.82) is 0 Å². The number of unbranched alkanes of at least 4 members (excludes halogenated alkanes) is 34.